The lowest BCUT2D eigenvalue weighted by molar-refractivity contribution is -0.384. The molecule has 3 rings (SSSR count). The van der Waals surface area contributed by atoms with Crippen LogP contribution in [0.4, 0.5) is 11.4 Å². The van der Waals surface area contributed by atoms with Gasteiger partial charge in [-0.25, -0.2) is 0 Å². The molecule has 2 saturated heterocycles. The maximum absolute atomic E-state index is 12.8. The van der Waals surface area contributed by atoms with Crippen molar-refractivity contribution >= 4 is 17.3 Å². The summed E-state index contributed by atoms with van der Waals surface area (Å²) < 4.78 is 0. The molecule has 6 nitrogen and oxygen atoms in total. The molecule has 2 aliphatic heterocycles. The van der Waals surface area contributed by atoms with E-state index in [4.69, 9.17) is 0 Å². The Labute approximate surface area is 148 Å². The average Bonchev–Trinajstić information content (AvgIpc) is 2.61. The van der Waals surface area contributed by atoms with E-state index in [1.807, 2.05) is 6.07 Å². The molecule has 0 saturated carbocycles. The normalized spacial score (nSPS) is 20.0. The fourth-order valence-corrected chi connectivity index (χ4v) is 3.98. The minimum Gasteiger partial charge on any atom is -0.366 e. The first kappa shape index (κ1) is 17.7. The van der Waals surface area contributed by atoms with E-state index in [1.165, 1.54) is 19.3 Å². The molecule has 2 aliphatic rings. The van der Waals surface area contributed by atoms with Crippen molar-refractivity contribution in [3.8, 4) is 0 Å². The highest BCUT2D eigenvalue weighted by Gasteiger charge is 2.30. The van der Waals surface area contributed by atoms with E-state index in [1.54, 1.807) is 18.2 Å². The number of nitrogens with zero attached hydrogens (tertiary/aromatic N) is 3. The van der Waals surface area contributed by atoms with E-state index in [2.05, 4.69) is 9.80 Å². The van der Waals surface area contributed by atoms with Crippen LogP contribution in [0.1, 0.15) is 44.9 Å². The molecule has 25 heavy (non-hydrogen) atoms. The molecule has 1 aromatic carbocycles. The van der Waals surface area contributed by atoms with Gasteiger partial charge in [0.05, 0.1) is 4.92 Å². The van der Waals surface area contributed by atoms with Gasteiger partial charge in [-0.1, -0.05) is 31.4 Å². The van der Waals surface area contributed by atoms with Crippen LogP contribution in [0.2, 0.25) is 0 Å². The minimum atomic E-state index is -0.327. The van der Waals surface area contributed by atoms with Gasteiger partial charge in [0.1, 0.15) is 5.69 Å². The Hall–Kier alpha value is -2.11. The van der Waals surface area contributed by atoms with Crippen LogP contribution in [0.3, 0.4) is 0 Å². The van der Waals surface area contributed by atoms with E-state index in [0.717, 1.165) is 38.8 Å². The van der Waals surface area contributed by atoms with Gasteiger partial charge >= 0.3 is 0 Å². The lowest BCUT2D eigenvalue weighted by Gasteiger charge is -2.35. The molecule has 0 aliphatic carbocycles. The second-order valence-corrected chi connectivity index (χ2v) is 7.10. The van der Waals surface area contributed by atoms with Gasteiger partial charge in [0.15, 0.2) is 0 Å². The minimum absolute atomic E-state index is 0.0680. The topological polar surface area (TPSA) is 66.7 Å². The van der Waals surface area contributed by atoms with Crippen LogP contribution < -0.4 is 4.90 Å². The third-order valence-electron chi connectivity index (χ3n) is 5.43. The van der Waals surface area contributed by atoms with Crippen molar-refractivity contribution in [1.29, 1.82) is 0 Å². The number of hydrogen-bond donors (Lipinski definition) is 0. The largest absolute Gasteiger partial charge is 0.366 e. The first-order chi connectivity index (χ1) is 12.2. The van der Waals surface area contributed by atoms with Gasteiger partial charge in [-0.3, -0.25) is 14.9 Å². The summed E-state index contributed by atoms with van der Waals surface area (Å²) in [6.45, 7) is 3.19. The third-order valence-corrected chi connectivity index (χ3v) is 5.43. The van der Waals surface area contributed by atoms with E-state index >= 15 is 0 Å². The summed E-state index contributed by atoms with van der Waals surface area (Å²) in [6, 6.07) is 6.88. The molecule has 1 aromatic rings. The standard InChI is InChI=1S/C19H27N3O3/c23-19(21-12-6-2-1-3-7-13-21)16-10-14-20(15-11-16)17-8-4-5-9-18(17)22(24)25/h4-5,8-9,16H,1-3,6-7,10-15H2. The van der Waals surface area contributed by atoms with Crippen molar-refractivity contribution in [3.05, 3.63) is 34.4 Å². The number of anilines is 1. The number of benzene rings is 1. The van der Waals surface area contributed by atoms with Gasteiger partial charge in [-0.15, -0.1) is 0 Å². The molecule has 0 aromatic heterocycles. The first-order valence-corrected chi connectivity index (χ1v) is 9.44. The maximum atomic E-state index is 12.8. The molecule has 0 unspecified atom stereocenters. The monoisotopic (exact) mass is 345 g/mol. The van der Waals surface area contributed by atoms with Crippen molar-refractivity contribution in [2.75, 3.05) is 31.1 Å². The Bertz CT molecular complexity index is 604. The third kappa shape index (κ3) is 4.30. The molecule has 136 valence electrons. The second kappa shape index (κ2) is 8.32. The Morgan fingerprint density at radius 3 is 2.20 bits per heavy atom. The van der Waals surface area contributed by atoms with Crippen molar-refractivity contribution < 1.29 is 9.72 Å². The lowest BCUT2D eigenvalue weighted by atomic mass is 9.94. The highest BCUT2D eigenvalue weighted by Crippen LogP contribution is 2.31. The van der Waals surface area contributed by atoms with Crippen LogP contribution in [0.5, 0.6) is 0 Å². The molecule has 0 radical (unpaired) electrons. The molecule has 2 heterocycles. The number of amides is 1. The zero-order chi connectivity index (χ0) is 17.6. The van der Waals surface area contributed by atoms with E-state index < -0.39 is 0 Å². The second-order valence-electron chi connectivity index (χ2n) is 7.10. The summed E-state index contributed by atoms with van der Waals surface area (Å²) >= 11 is 0. The Kier molecular flexibility index (Phi) is 5.89. The molecule has 1 amide bonds. The number of para-hydroxylation sites is 2. The van der Waals surface area contributed by atoms with Crippen LogP contribution in [0, 0.1) is 16.0 Å². The smallest absolute Gasteiger partial charge is 0.292 e. The van der Waals surface area contributed by atoms with Crippen LogP contribution in [-0.4, -0.2) is 41.9 Å². The van der Waals surface area contributed by atoms with Crippen molar-refractivity contribution in [2.45, 2.75) is 44.9 Å². The number of likely N-dealkylation sites (tertiary alicyclic amines) is 1. The summed E-state index contributed by atoms with van der Waals surface area (Å²) in [7, 11) is 0. The number of hydrogen-bond acceptors (Lipinski definition) is 4. The Balaban J connectivity index is 1.60. The lowest BCUT2D eigenvalue weighted by Crippen LogP contribution is -2.43. The molecular weight excluding hydrogens is 318 g/mol. The zero-order valence-corrected chi connectivity index (χ0v) is 14.7. The van der Waals surface area contributed by atoms with E-state index in [0.29, 0.717) is 24.7 Å². The number of carbonyl (C=O) groups excluding carboxylic acids is 1. The number of rotatable bonds is 3. The highest BCUT2D eigenvalue weighted by molar-refractivity contribution is 5.79. The molecular formula is C19H27N3O3. The zero-order valence-electron chi connectivity index (χ0n) is 14.7. The molecule has 0 N–H and O–H groups in total. The van der Waals surface area contributed by atoms with Crippen molar-refractivity contribution in [1.82, 2.24) is 4.90 Å². The maximum Gasteiger partial charge on any atom is 0.292 e. The van der Waals surface area contributed by atoms with Gasteiger partial charge in [0, 0.05) is 38.2 Å². The predicted octanol–water partition coefficient (Wildman–Crippen LogP) is 3.60. The van der Waals surface area contributed by atoms with E-state index in [-0.39, 0.29) is 16.5 Å². The highest BCUT2D eigenvalue weighted by atomic mass is 16.6. The van der Waals surface area contributed by atoms with Gasteiger partial charge in [0.25, 0.3) is 5.69 Å². The van der Waals surface area contributed by atoms with Crippen molar-refractivity contribution in [3.63, 3.8) is 0 Å². The fourth-order valence-electron chi connectivity index (χ4n) is 3.98. The van der Waals surface area contributed by atoms with Gasteiger partial charge < -0.3 is 9.80 Å². The molecule has 0 spiro atoms. The predicted molar refractivity (Wildman–Crippen MR) is 97.7 cm³/mol. The van der Waals surface area contributed by atoms with Crippen LogP contribution in [-0.2, 0) is 4.79 Å². The number of nitro benzene ring substituents is 1. The van der Waals surface area contributed by atoms with Crippen molar-refractivity contribution in [2.24, 2.45) is 5.92 Å². The van der Waals surface area contributed by atoms with E-state index in [9.17, 15) is 14.9 Å². The molecule has 2 fully saturated rings. The van der Waals surface area contributed by atoms with Crippen LogP contribution >= 0.6 is 0 Å². The molecule has 0 atom stereocenters. The molecule has 0 bridgehead atoms. The van der Waals surface area contributed by atoms with Crippen LogP contribution in [0.25, 0.3) is 0 Å². The first-order valence-electron chi connectivity index (χ1n) is 9.44. The Morgan fingerprint density at radius 2 is 1.56 bits per heavy atom. The van der Waals surface area contributed by atoms with Gasteiger partial charge in [-0.2, -0.15) is 0 Å². The van der Waals surface area contributed by atoms with Gasteiger partial charge in [-0.05, 0) is 31.7 Å². The number of carbonyl (C=O) groups is 1. The fraction of sp³-hybridized carbons (Fsp3) is 0.632. The number of piperidine rings is 1. The molecule has 6 heteroatoms. The SMILES string of the molecule is O=C(C1CCN(c2ccccc2[N+](=O)[O-])CC1)N1CCCCCCC1. The summed E-state index contributed by atoms with van der Waals surface area (Å²) in [5, 5.41) is 11.2. The summed E-state index contributed by atoms with van der Waals surface area (Å²) in [5.74, 6) is 0.363. The van der Waals surface area contributed by atoms with Gasteiger partial charge in [0.2, 0.25) is 5.91 Å². The average molecular weight is 345 g/mol. The van der Waals surface area contributed by atoms with Crippen LogP contribution in [0.15, 0.2) is 24.3 Å². The Morgan fingerprint density at radius 1 is 0.960 bits per heavy atom. The summed E-state index contributed by atoms with van der Waals surface area (Å²) in [4.78, 5) is 27.8. The summed E-state index contributed by atoms with van der Waals surface area (Å²) in [5.41, 5.74) is 0.820. The number of nitro groups is 1. The summed E-state index contributed by atoms with van der Waals surface area (Å²) in [6.07, 6.45) is 7.51. The quantitative estimate of drug-likeness (QED) is 0.620.